The third kappa shape index (κ3) is 3.33. The van der Waals surface area contributed by atoms with E-state index >= 15 is 0 Å². The number of aryl methyl sites for hydroxylation is 1. The van der Waals surface area contributed by atoms with Crippen LogP contribution in [0.2, 0.25) is 0 Å². The zero-order chi connectivity index (χ0) is 13.7. The number of nitrogens with two attached hydrogens (primary N) is 1. The van der Waals surface area contributed by atoms with E-state index in [2.05, 4.69) is 28.8 Å². The molecule has 0 saturated heterocycles. The van der Waals surface area contributed by atoms with Crippen molar-refractivity contribution in [1.82, 2.24) is 5.32 Å². The van der Waals surface area contributed by atoms with Crippen LogP contribution < -0.4 is 11.1 Å². The molecular weight excluding hydrogens is 258 g/mol. The molecule has 0 amide bonds. The number of amidine groups is 1. The van der Waals surface area contributed by atoms with E-state index in [1.165, 1.54) is 10.4 Å². The zero-order valence-electron chi connectivity index (χ0n) is 10.8. The van der Waals surface area contributed by atoms with Gasteiger partial charge in [0.15, 0.2) is 5.84 Å². The lowest BCUT2D eigenvalue weighted by molar-refractivity contribution is 0.318. The van der Waals surface area contributed by atoms with Crippen LogP contribution in [-0.4, -0.2) is 11.0 Å². The predicted octanol–water partition coefficient (Wildman–Crippen LogP) is 2.44. The molecule has 0 saturated carbocycles. The molecule has 4 N–H and O–H groups in total. The topological polar surface area (TPSA) is 70.6 Å². The summed E-state index contributed by atoms with van der Waals surface area (Å²) >= 11 is 1.75. The molecule has 1 aromatic heterocycles. The third-order valence-electron chi connectivity index (χ3n) is 2.97. The normalized spacial score (nSPS) is 11.7. The lowest BCUT2D eigenvalue weighted by atomic mass is 10.1. The van der Waals surface area contributed by atoms with Crippen LogP contribution >= 0.6 is 11.3 Å². The minimum atomic E-state index is 0.143. The molecular formula is C14H17N3OS. The van der Waals surface area contributed by atoms with Crippen LogP contribution in [0.15, 0.2) is 40.9 Å². The maximum absolute atomic E-state index is 8.77. The molecule has 0 radical (unpaired) electrons. The van der Waals surface area contributed by atoms with Gasteiger partial charge in [0, 0.05) is 23.5 Å². The molecule has 0 atom stereocenters. The molecule has 2 rings (SSSR count). The Morgan fingerprint density at radius 3 is 2.79 bits per heavy atom. The Labute approximate surface area is 116 Å². The number of nitrogens with one attached hydrogen (secondary N) is 1. The summed E-state index contributed by atoms with van der Waals surface area (Å²) < 4.78 is 0. The van der Waals surface area contributed by atoms with Gasteiger partial charge in [-0.3, -0.25) is 0 Å². The fourth-order valence-corrected chi connectivity index (χ4v) is 2.75. The summed E-state index contributed by atoms with van der Waals surface area (Å²) in [4.78, 5) is 1.33. The van der Waals surface area contributed by atoms with E-state index in [1.807, 2.05) is 24.3 Å². The Hall–Kier alpha value is -1.85. The molecule has 0 fully saturated rings. The van der Waals surface area contributed by atoms with Crippen molar-refractivity contribution < 1.29 is 5.21 Å². The van der Waals surface area contributed by atoms with Crippen molar-refractivity contribution >= 4 is 17.2 Å². The Morgan fingerprint density at radius 1 is 1.32 bits per heavy atom. The van der Waals surface area contributed by atoms with Gasteiger partial charge in [0.2, 0.25) is 0 Å². The van der Waals surface area contributed by atoms with Crippen LogP contribution in [0.25, 0.3) is 0 Å². The molecule has 0 bridgehead atoms. The Kier molecular flexibility index (Phi) is 4.54. The van der Waals surface area contributed by atoms with Crippen molar-refractivity contribution in [3.8, 4) is 0 Å². The maximum atomic E-state index is 8.77. The first kappa shape index (κ1) is 13.6. The van der Waals surface area contributed by atoms with Gasteiger partial charge in [-0.1, -0.05) is 29.4 Å². The summed E-state index contributed by atoms with van der Waals surface area (Å²) in [6, 6.07) is 9.76. The van der Waals surface area contributed by atoms with Crippen molar-refractivity contribution in [3.63, 3.8) is 0 Å². The second kappa shape index (κ2) is 6.36. The number of hydrogen-bond donors (Lipinski definition) is 3. The molecule has 1 heterocycles. The summed E-state index contributed by atoms with van der Waals surface area (Å²) in [5.74, 6) is 0.143. The summed E-state index contributed by atoms with van der Waals surface area (Å²) in [6.07, 6.45) is 0. The summed E-state index contributed by atoms with van der Waals surface area (Å²) in [5.41, 5.74) is 8.75. The van der Waals surface area contributed by atoms with E-state index in [1.54, 1.807) is 11.3 Å². The largest absolute Gasteiger partial charge is 0.409 e. The second-order valence-electron chi connectivity index (χ2n) is 4.27. The molecule has 1 aromatic carbocycles. The molecule has 2 aromatic rings. The SMILES string of the molecule is Cc1ccsc1CNCc1ccccc1C(N)=NO. The van der Waals surface area contributed by atoms with E-state index in [4.69, 9.17) is 10.9 Å². The Morgan fingerprint density at radius 2 is 2.11 bits per heavy atom. The number of nitrogens with zero attached hydrogens (tertiary/aromatic N) is 1. The maximum Gasteiger partial charge on any atom is 0.170 e. The van der Waals surface area contributed by atoms with Gasteiger partial charge in [-0.15, -0.1) is 11.3 Å². The lowest BCUT2D eigenvalue weighted by Gasteiger charge is -2.09. The van der Waals surface area contributed by atoms with Crippen molar-refractivity contribution in [1.29, 1.82) is 0 Å². The standard InChI is InChI=1S/C14H17N3OS/c1-10-6-7-19-13(10)9-16-8-11-4-2-3-5-12(11)14(15)17-18/h2-7,16,18H,8-9H2,1H3,(H2,15,17). The van der Waals surface area contributed by atoms with Crippen molar-refractivity contribution in [2.45, 2.75) is 20.0 Å². The van der Waals surface area contributed by atoms with Crippen LogP contribution in [0, 0.1) is 6.92 Å². The third-order valence-corrected chi connectivity index (χ3v) is 3.99. The van der Waals surface area contributed by atoms with E-state index in [9.17, 15) is 0 Å². The number of rotatable bonds is 5. The monoisotopic (exact) mass is 275 g/mol. The van der Waals surface area contributed by atoms with Gasteiger partial charge in [0.1, 0.15) is 0 Å². The fourth-order valence-electron chi connectivity index (χ4n) is 1.87. The van der Waals surface area contributed by atoms with Crippen molar-refractivity contribution in [2.75, 3.05) is 0 Å². The molecule has 19 heavy (non-hydrogen) atoms. The first-order valence-corrected chi connectivity index (χ1v) is 6.90. The lowest BCUT2D eigenvalue weighted by Crippen LogP contribution is -2.19. The van der Waals surface area contributed by atoms with Crippen molar-refractivity contribution in [2.24, 2.45) is 10.9 Å². The van der Waals surface area contributed by atoms with Crippen LogP contribution in [0.5, 0.6) is 0 Å². The summed E-state index contributed by atoms with van der Waals surface area (Å²) in [5, 5.41) is 17.3. The summed E-state index contributed by atoms with van der Waals surface area (Å²) in [6.45, 7) is 3.62. The molecule has 0 aliphatic rings. The molecule has 4 nitrogen and oxygen atoms in total. The quantitative estimate of drug-likeness (QED) is 0.340. The van der Waals surface area contributed by atoms with Gasteiger partial charge in [-0.25, -0.2) is 0 Å². The molecule has 0 spiro atoms. The van der Waals surface area contributed by atoms with Crippen LogP contribution in [-0.2, 0) is 13.1 Å². The molecule has 0 aliphatic carbocycles. The van der Waals surface area contributed by atoms with Gasteiger partial charge in [0.25, 0.3) is 0 Å². The number of benzene rings is 1. The average Bonchev–Trinajstić information content (AvgIpc) is 2.84. The van der Waals surface area contributed by atoms with Crippen LogP contribution in [0.3, 0.4) is 0 Å². The minimum absolute atomic E-state index is 0.143. The van der Waals surface area contributed by atoms with Gasteiger partial charge < -0.3 is 16.3 Å². The predicted molar refractivity (Wildman–Crippen MR) is 78.6 cm³/mol. The molecule has 0 aliphatic heterocycles. The zero-order valence-corrected chi connectivity index (χ0v) is 11.6. The van der Waals surface area contributed by atoms with Gasteiger partial charge in [-0.05, 0) is 29.5 Å². The average molecular weight is 275 g/mol. The number of hydrogen-bond acceptors (Lipinski definition) is 4. The highest BCUT2D eigenvalue weighted by Gasteiger charge is 2.06. The van der Waals surface area contributed by atoms with Crippen LogP contribution in [0.4, 0.5) is 0 Å². The molecule has 0 unspecified atom stereocenters. The number of thiophene rings is 1. The highest BCUT2D eigenvalue weighted by molar-refractivity contribution is 7.10. The van der Waals surface area contributed by atoms with Gasteiger partial charge in [-0.2, -0.15) is 0 Å². The Balaban J connectivity index is 2.02. The van der Waals surface area contributed by atoms with E-state index in [0.29, 0.717) is 6.54 Å². The van der Waals surface area contributed by atoms with E-state index < -0.39 is 0 Å². The van der Waals surface area contributed by atoms with Crippen molar-refractivity contribution in [3.05, 3.63) is 57.3 Å². The van der Waals surface area contributed by atoms with E-state index in [-0.39, 0.29) is 5.84 Å². The van der Waals surface area contributed by atoms with Crippen LogP contribution in [0.1, 0.15) is 21.6 Å². The molecule has 5 heteroatoms. The van der Waals surface area contributed by atoms with E-state index in [0.717, 1.165) is 17.7 Å². The Bertz CT molecular complexity index is 578. The smallest absolute Gasteiger partial charge is 0.170 e. The highest BCUT2D eigenvalue weighted by Crippen LogP contribution is 2.15. The molecule has 100 valence electrons. The first-order valence-electron chi connectivity index (χ1n) is 6.02. The minimum Gasteiger partial charge on any atom is -0.409 e. The first-order chi connectivity index (χ1) is 9.22. The van der Waals surface area contributed by atoms with Gasteiger partial charge >= 0.3 is 0 Å². The second-order valence-corrected chi connectivity index (χ2v) is 5.27. The number of oxime groups is 1. The fraction of sp³-hybridized carbons (Fsp3) is 0.214. The van der Waals surface area contributed by atoms with Gasteiger partial charge in [0.05, 0.1) is 0 Å². The summed E-state index contributed by atoms with van der Waals surface area (Å²) in [7, 11) is 0. The highest BCUT2D eigenvalue weighted by atomic mass is 32.1.